The van der Waals surface area contributed by atoms with Crippen LogP contribution in [0.4, 0.5) is 5.69 Å². The minimum absolute atomic E-state index is 0.0496. The van der Waals surface area contributed by atoms with Gasteiger partial charge in [-0.3, -0.25) is 14.4 Å². The second-order valence-corrected chi connectivity index (χ2v) is 10.6. The average molecular weight is 498 g/mol. The number of hydrogen-bond acceptors (Lipinski definition) is 4. The normalized spacial score (nSPS) is 14.2. The van der Waals surface area contributed by atoms with E-state index >= 15 is 0 Å². The molecule has 34 heavy (non-hydrogen) atoms. The molecule has 2 N–H and O–H groups in total. The summed E-state index contributed by atoms with van der Waals surface area (Å²) in [6, 6.07) is 19.4. The topological polar surface area (TPSA) is 78.5 Å². The number of carbonyl (C=O) groups excluding carboxylic acids is 1. The molecule has 0 aliphatic carbocycles. The summed E-state index contributed by atoms with van der Waals surface area (Å²) in [6.45, 7) is 5.22. The predicted octanol–water partition coefficient (Wildman–Crippen LogP) is 4.98. The van der Waals surface area contributed by atoms with Gasteiger partial charge in [-0.25, -0.2) is 8.42 Å². The molecule has 6 nitrogen and oxygen atoms in total. The van der Waals surface area contributed by atoms with Gasteiger partial charge in [0.1, 0.15) is 4.90 Å². The van der Waals surface area contributed by atoms with Crippen LogP contribution in [-0.2, 0) is 23.1 Å². The number of likely N-dealkylation sites (tertiary alicyclic amines) is 1. The number of halogens is 1. The molecule has 1 saturated heterocycles. The van der Waals surface area contributed by atoms with Gasteiger partial charge in [-0.2, -0.15) is 0 Å². The largest absolute Gasteiger partial charge is 0.348 e. The summed E-state index contributed by atoms with van der Waals surface area (Å²) >= 11 is 6.21. The lowest BCUT2D eigenvalue weighted by atomic mass is 10.1. The van der Waals surface area contributed by atoms with Crippen molar-refractivity contribution in [2.45, 2.75) is 37.8 Å². The lowest BCUT2D eigenvalue weighted by molar-refractivity contribution is 0.0950. The van der Waals surface area contributed by atoms with Crippen LogP contribution in [0.3, 0.4) is 0 Å². The van der Waals surface area contributed by atoms with Crippen molar-refractivity contribution in [3.05, 3.63) is 94.0 Å². The maximum Gasteiger partial charge on any atom is 0.263 e. The Kier molecular flexibility index (Phi) is 7.56. The Morgan fingerprint density at radius 3 is 2.38 bits per heavy atom. The van der Waals surface area contributed by atoms with Crippen molar-refractivity contribution in [3.63, 3.8) is 0 Å². The van der Waals surface area contributed by atoms with E-state index in [0.717, 1.165) is 30.8 Å². The number of nitrogens with one attached hydrogen (secondary N) is 2. The fraction of sp³-hybridized carbons (Fsp3) is 0.269. The Labute approximate surface area is 206 Å². The molecule has 1 fully saturated rings. The molecule has 0 unspecified atom stereocenters. The molecule has 4 rings (SSSR count). The standard InChI is InChI=1S/C26H28ClN3O3S/c1-19-8-2-5-11-24(19)29-34(32,33)25-16-20(12-13-23(25)27)26(31)28-17-21-9-3-4-10-22(21)18-30-14-6-7-15-30/h2-5,8-13,16,29H,6-7,14-15,17-18H2,1H3,(H,28,31). The zero-order chi connectivity index (χ0) is 24.1. The fourth-order valence-corrected chi connectivity index (χ4v) is 5.74. The van der Waals surface area contributed by atoms with Crippen LogP contribution in [0.2, 0.25) is 5.02 Å². The van der Waals surface area contributed by atoms with Crippen LogP contribution < -0.4 is 10.0 Å². The molecule has 8 heteroatoms. The van der Waals surface area contributed by atoms with Gasteiger partial charge in [0.2, 0.25) is 0 Å². The number of sulfonamides is 1. The molecule has 1 aliphatic heterocycles. The second-order valence-electron chi connectivity index (χ2n) is 8.50. The molecule has 0 saturated carbocycles. The Morgan fingerprint density at radius 2 is 1.65 bits per heavy atom. The Morgan fingerprint density at radius 1 is 0.971 bits per heavy atom. The molecule has 178 valence electrons. The van der Waals surface area contributed by atoms with Crippen molar-refractivity contribution in [1.29, 1.82) is 0 Å². The van der Waals surface area contributed by atoms with E-state index in [1.165, 1.54) is 36.6 Å². The third-order valence-corrected chi connectivity index (χ3v) is 7.87. The molecule has 3 aromatic carbocycles. The predicted molar refractivity (Wildman–Crippen MR) is 136 cm³/mol. The molecule has 1 amide bonds. The van der Waals surface area contributed by atoms with Crippen LogP contribution in [-0.4, -0.2) is 32.3 Å². The highest BCUT2D eigenvalue weighted by Gasteiger charge is 2.21. The van der Waals surface area contributed by atoms with Gasteiger partial charge in [0.25, 0.3) is 15.9 Å². The molecule has 3 aromatic rings. The van der Waals surface area contributed by atoms with Gasteiger partial charge in [-0.15, -0.1) is 0 Å². The van der Waals surface area contributed by atoms with Crippen LogP contribution in [0, 0.1) is 6.92 Å². The number of carbonyl (C=O) groups is 1. The van der Waals surface area contributed by atoms with Crippen LogP contribution in [0.1, 0.15) is 39.9 Å². The van der Waals surface area contributed by atoms with Crippen molar-refractivity contribution < 1.29 is 13.2 Å². The molecule has 0 atom stereocenters. The summed E-state index contributed by atoms with van der Waals surface area (Å²) in [6.07, 6.45) is 2.44. The molecular weight excluding hydrogens is 470 g/mol. The summed E-state index contributed by atoms with van der Waals surface area (Å²) in [4.78, 5) is 15.2. The summed E-state index contributed by atoms with van der Waals surface area (Å²) in [7, 11) is -3.98. The summed E-state index contributed by atoms with van der Waals surface area (Å²) in [5.74, 6) is -0.361. The third kappa shape index (κ3) is 5.78. The van der Waals surface area contributed by atoms with Crippen molar-refractivity contribution >= 4 is 33.2 Å². The number of para-hydroxylation sites is 1. The van der Waals surface area contributed by atoms with Crippen LogP contribution in [0.25, 0.3) is 0 Å². The Bertz CT molecular complexity index is 1290. The summed E-state index contributed by atoms with van der Waals surface area (Å²) in [5, 5.41) is 2.97. The maximum atomic E-state index is 13.0. The van der Waals surface area contributed by atoms with Gasteiger partial charge in [0.05, 0.1) is 10.7 Å². The number of rotatable bonds is 8. The second kappa shape index (κ2) is 10.6. The lowest BCUT2D eigenvalue weighted by Gasteiger charge is -2.18. The van der Waals surface area contributed by atoms with Gasteiger partial charge < -0.3 is 5.32 Å². The first-order valence-corrected chi connectivity index (χ1v) is 13.1. The van der Waals surface area contributed by atoms with Gasteiger partial charge in [-0.1, -0.05) is 54.1 Å². The number of aryl methyl sites for hydroxylation is 1. The number of amides is 1. The van der Waals surface area contributed by atoms with Crippen LogP contribution in [0.15, 0.2) is 71.6 Å². The van der Waals surface area contributed by atoms with E-state index in [1.807, 2.05) is 37.3 Å². The van der Waals surface area contributed by atoms with Gasteiger partial charge >= 0.3 is 0 Å². The van der Waals surface area contributed by atoms with Gasteiger partial charge in [-0.05, 0) is 73.8 Å². The lowest BCUT2D eigenvalue weighted by Crippen LogP contribution is -2.25. The zero-order valence-electron chi connectivity index (χ0n) is 19.1. The monoisotopic (exact) mass is 497 g/mol. The maximum absolute atomic E-state index is 13.0. The highest BCUT2D eigenvalue weighted by atomic mass is 35.5. The first-order valence-electron chi connectivity index (χ1n) is 11.3. The van der Waals surface area contributed by atoms with Gasteiger partial charge in [0.15, 0.2) is 0 Å². The van der Waals surface area contributed by atoms with E-state index in [4.69, 9.17) is 11.6 Å². The van der Waals surface area contributed by atoms with Crippen LogP contribution in [0.5, 0.6) is 0 Å². The van der Waals surface area contributed by atoms with E-state index in [-0.39, 0.29) is 21.4 Å². The highest BCUT2D eigenvalue weighted by Crippen LogP contribution is 2.26. The van der Waals surface area contributed by atoms with E-state index in [1.54, 1.807) is 12.1 Å². The first kappa shape index (κ1) is 24.3. The van der Waals surface area contributed by atoms with Crippen LogP contribution >= 0.6 is 11.6 Å². The first-order chi connectivity index (χ1) is 16.3. The summed E-state index contributed by atoms with van der Waals surface area (Å²) < 4.78 is 28.6. The molecule has 0 aromatic heterocycles. The number of hydrogen-bond donors (Lipinski definition) is 2. The Hall–Kier alpha value is -2.87. The number of anilines is 1. The van der Waals surface area contributed by atoms with E-state index < -0.39 is 10.0 Å². The molecule has 1 aliphatic rings. The van der Waals surface area contributed by atoms with Crippen molar-refractivity contribution in [2.24, 2.45) is 0 Å². The molecule has 0 spiro atoms. The quantitative estimate of drug-likeness (QED) is 0.460. The Balaban J connectivity index is 1.49. The van der Waals surface area contributed by atoms with Crippen molar-refractivity contribution in [3.8, 4) is 0 Å². The smallest absolute Gasteiger partial charge is 0.263 e. The summed E-state index contributed by atoms with van der Waals surface area (Å²) in [5.41, 5.74) is 3.70. The molecule has 0 bridgehead atoms. The van der Waals surface area contributed by atoms with E-state index in [0.29, 0.717) is 12.2 Å². The van der Waals surface area contributed by atoms with E-state index in [9.17, 15) is 13.2 Å². The van der Waals surface area contributed by atoms with E-state index in [2.05, 4.69) is 21.0 Å². The average Bonchev–Trinajstić information content (AvgIpc) is 3.33. The third-order valence-electron chi connectivity index (χ3n) is 6.02. The fourth-order valence-electron chi connectivity index (χ4n) is 4.08. The van der Waals surface area contributed by atoms with Crippen molar-refractivity contribution in [2.75, 3.05) is 17.8 Å². The SMILES string of the molecule is Cc1ccccc1NS(=O)(=O)c1cc(C(=O)NCc2ccccc2CN2CCCC2)ccc1Cl. The highest BCUT2D eigenvalue weighted by molar-refractivity contribution is 7.92. The minimum Gasteiger partial charge on any atom is -0.348 e. The zero-order valence-corrected chi connectivity index (χ0v) is 20.6. The number of benzene rings is 3. The minimum atomic E-state index is -3.98. The molecular formula is C26H28ClN3O3S. The van der Waals surface area contributed by atoms with Gasteiger partial charge in [0, 0.05) is 18.7 Å². The molecule has 1 heterocycles. The molecule has 0 radical (unpaired) electrons. The number of nitrogens with zero attached hydrogens (tertiary/aromatic N) is 1. The van der Waals surface area contributed by atoms with Crippen molar-refractivity contribution in [1.82, 2.24) is 10.2 Å².